The van der Waals surface area contributed by atoms with E-state index in [0.717, 1.165) is 0 Å². The molecule has 0 saturated carbocycles. The molecule has 4 nitrogen and oxygen atoms in total. The van der Waals surface area contributed by atoms with Crippen molar-refractivity contribution in [3.05, 3.63) is 16.5 Å². The highest BCUT2D eigenvalue weighted by Gasteiger charge is 2.14. The lowest BCUT2D eigenvalue weighted by atomic mass is 10.2. The molecule has 0 aromatic carbocycles. The summed E-state index contributed by atoms with van der Waals surface area (Å²) in [5, 5.41) is 9.31. The number of rotatable bonds is 3. The lowest BCUT2D eigenvalue weighted by Gasteiger charge is -2.06. The van der Waals surface area contributed by atoms with Gasteiger partial charge in [-0.05, 0) is 15.9 Å². The van der Waals surface area contributed by atoms with Crippen LogP contribution in [0.25, 0.3) is 0 Å². The molecule has 74 valence electrons. The van der Waals surface area contributed by atoms with Crippen LogP contribution in [0.15, 0.2) is 10.7 Å². The van der Waals surface area contributed by atoms with Crippen molar-refractivity contribution in [3.63, 3.8) is 0 Å². The normalized spacial score (nSPS) is 11.9. The zero-order valence-electron chi connectivity index (χ0n) is 7.37. The van der Waals surface area contributed by atoms with Crippen LogP contribution in [-0.4, -0.2) is 22.4 Å². The molecule has 0 N–H and O–H groups in total. The van der Waals surface area contributed by atoms with Crippen molar-refractivity contribution in [3.8, 4) is 11.9 Å². The van der Waals surface area contributed by atoms with Crippen LogP contribution in [0, 0.1) is 11.3 Å². The van der Waals surface area contributed by atoms with Crippen LogP contribution in [0.5, 0.6) is 5.88 Å². The molecule has 6 heteroatoms. The Morgan fingerprint density at radius 2 is 2.43 bits per heavy atom. The summed E-state index contributed by atoms with van der Waals surface area (Å²) in [6, 6.07) is 2.10. The molecule has 1 aromatic heterocycles. The number of hydrogen-bond acceptors (Lipinski definition) is 4. The Labute approximate surface area is 98.6 Å². The zero-order chi connectivity index (χ0) is 10.6. The van der Waals surface area contributed by atoms with Gasteiger partial charge in [0.05, 0.1) is 17.7 Å². The average molecular weight is 321 g/mol. The minimum Gasteiger partial charge on any atom is -0.480 e. The van der Waals surface area contributed by atoms with E-state index < -0.39 is 0 Å². The number of nitrogens with zero attached hydrogens (tertiary/aromatic N) is 3. The molecular formula is C8H7Br2N3O. The first-order chi connectivity index (χ1) is 6.72. The van der Waals surface area contributed by atoms with Crippen molar-refractivity contribution in [2.45, 2.75) is 5.92 Å². The summed E-state index contributed by atoms with van der Waals surface area (Å²) in [6.45, 7) is 0. The first kappa shape index (κ1) is 11.4. The third kappa shape index (κ3) is 2.42. The summed E-state index contributed by atoms with van der Waals surface area (Å²) < 4.78 is 5.68. The van der Waals surface area contributed by atoms with Crippen LogP contribution < -0.4 is 4.74 Å². The van der Waals surface area contributed by atoms with Gasteiger partial charge in [0.1, 0.15) is 11.7 Å². The Hall–Kier alpha value is -0.670. The molecule has 0 amide bonds. The second-order valence-corrected chi connectivity index (χ2v) is 3.92. The van der Waals surface area contributed by atoms with Gasteiger partial charge < -0.3 is 4.74 Å². The smallest absolute Gasteiger partial charge is 0.231 e. The molecule has 1 rings (SSSR count). The summed E-state index contributed by atoms with van der Waals surface area (Å²) in [5.41, 5.74) is 0. The van der Waals surface area contributed by atoms with E-state index in [1.807, 2.05) is 0 Å². The van der Waals surface area contributed by atoms with Gasteiger partial charge in [-0.1, -0.05) is 15.9 Å². The second-order valence-electron chi connectivity index (χ2n) is 2.42. The first-order valence-electron chi connectivity index (χ1n) is 3.75. The highest BCUT2D eigenvalue weighted by molar-refractivity contribution is 9.10. The summed E-state index contributed by atoms with van der Waals surface area (Å²) in [6.07, 6.45) is 1.58. The fraction of sp³-hybridized carbons (Fsp3) is 0.375. The van der Waals surface area contributed by atoms with E-state index in [1.54, 1.807) is 6.20 Å². The topological polar surface area (TPSA) is 58.8 Å². The Balaban J connectivity index is 3.06. The molecule has 1 atom stereocenters. The van der Waals surface area contributed by atoms with E-state index in [4.69, 9.17) is 10.00 Å². The summed E-state index contributed by atoms with van der Waals surface area (Å²) in [4.78, 5) is 8.14. The van der Waals surface area contributed by atoms with Crippen molar-refractivity contribution in [1.82, 2.24) is 9.97 Å². The SMILES string of the molecule is COc1nc(C(C#N)CBr)ncc1Br. The third-order valence-corrected chi connectivity index (χ3v) is 2.74. The van der Waals surface area contributed by atoms with Crippen LogP contribution in [0.2, 0.25) is 0 Å². The Morgan fingerprint density at radius 3 is 2.93 bits per heavy atom. The van der Waals surface area contributed by atoms with E-state index >= 15 is 0 Å². The molecular weight excluding hydrogens is 314 g/mol. The van der Waals surface area contributed by atoms with E-state index in [0.29, 0.717) is 21.5 Å². The summed E-state index contributed by atoms with van der Waals surface area (Å²) in [5.74, 6) is 0.553. The lowest BCUT2D eigenvalue weighted by molar-refractivity contribution is 0.391. The molecule has 0 spiro atoms. The highest BCUT2D eigenvalue weighted by Crippen LogP contribution is 2.23. The number of methoxy groups -OCH3 is 1. The maximum atomic E-state index is 8.80. The van der Waals surface area contributed by atoms with Crippen LogP contribution in [0.3, 0.4) is 0 Å². The Kier molecular flexibility index (Phi) is 4.29. The quantitative estimate of drug-likeness (QED) is 0.801. The highest BCUT2D eigenvalue weighted by atomic mass is 79.9. The largest absolute Gasteiger partial charge is 0.480 e. The first-order valence-corrected chi connectivity index (χ1v) is 5.66. The van der Waals surface area contributed by atoms with Gasteiger partial charge in [0.25, 0.3) is 0 Å². The van der Waals surface area contributed by atoms with Gasteiger partial charge in [0.2, 0.25) is 5.88 Å². The van der Waals surface area contributed by atoms with E-state index in [1.165, 1.54) is 7.11 Å². The number of hydrogen-bond donors (Lipinski definition) is 0. The average Bonchev–Trinajstić information content (AvgIpc) is 2.22. The Bertz CT molecular complexity index is 364. The van der Waals surface area contributed by atoms with Crippen molar-refractivity contribution in [1.29, 1.82) is 5.26 Å². The number of alkyl halides is 1. The van der Waals surface area contributed by atoms with E-state index in [2.05, 4.69) is 47.9 Å². The second kappa shape index (κ2) is 5.27. The molecule has 0 radical (unpaired) electrons. The van der Waals surface area contributed by atoms with Crippen LogP contribution in [-0.2, 0) is 0 Å². The standard InChI is InChI=1S/C8H7Br2N3O/c1-14-8-6(10)4-12-7(13-8)5(2-9)3-11/h4-5H,2H2,1H3. The van der Waals surface area contributed by atoms with Crippen molar-refractivity contribution in [2.24, 2.45) is 0 Å². The van der Waals surface area contributed by atoms with Gasteiger partial charge in [-0.25, -0.2) is 4.98 Å². The summed E-state index contributed by atoms with van der Waals surface area (Å²) >= 11 is 6.46. The van der Waals surface area contributed by atoms with Crippen molar-refractivity contribution >= 4 is 31.9 Å². The van der Waals surface area contributed by atoms with E-state index in [9.17, 15) is 0 Å². The van der Waals surface area contributed by atoms with Gasteiger partial charge in [0.15, 0.2) is 0 Å². The van der Waals surface area contributed by atoms with Crippen LogP contribution in [0.1, 0.15) is 11.7 Å². The molecule has 0 aliphatic heterocycles. The molecule has 1 heterocycles. The predicted molar refractivity (Wildman–Crippen MR) is 58.4 cm³/mol. The molecule has 14 heavy (non-hydrogen) atoms. The fourth-order valence-electron chi connectivity index (χ4n) is 0.837. The number of nitriles is 1. The molecule has 0 saturated heterocycles. The van der Waals surface area contributed by atoms with Gasteiger partial charge in [-0.2, -0.15) is 10.2 Å². The van der Waals surface area contributed by atoms with Gasteiger partial charge in [0, 0.05) is 11.5 Å². The van der Waals surface area contributed by atoms with Crippen LogP contribution in [0.4, 0.5) is 0 Å². The van der Waals surface area contributed by atoms with Crippen molar-refractivity contribution < 1.29 is 4.74 Å². The molecule has 0 bridgehead atoms. The van der Waals surface area contributed by atoms with E-state index in [-0.39, 0.29) is 5.92 Å². The lowest BCUT2D eigenvalue weighted by Crippen LogP contribution is -2.05. The predicted octanol–water partition coefficient (Wildman–Crippen LogP) is 2.25. The minimum absolute atomic E-state index is 0.350. The molecule has 0 aliphatic carbocycles. The van der Waals surface area contributed by atoms with Gasteiger partial charge >= 0.3 is 0 Å². The number of aromatic nitrogens is 2. The van der Waals surface area contributed by atoms with Gasteiger partial charge in [-0.15, -0.1) is 0 Å². The van der Waals surface area contributed by atoms with Crippen molar-refractivity contribution in [2.75, 3.05) is 12.4 Å². The zero-order valence-corrected chi connectivity index (χ0v) is 10.5. The number of halogens is 2. The minimum atomic E-state index is -0.350. The summed E-state index contributed by atoms with van der Waals surface area (Å²) in [7, 11) is 1.52. The monoisotopic (exact) mass is 319 g/mol. The molecule has 1 aromatic rings. The maximum Gasteiger partial charge on any atom is 0.231 e. The molecule has 0 aliphatic rings. The van der Waals surface area contributed by atoms with Gasteiger partial charge in [-0.3, -0.25) is 0 Å². The maximum absolute atomic E-state index is 8.80. The molecule has 0 fully saturated rings. The number of ether oxygens (including phenoxy) is 1. The fourth-order valence-corrected chi connectivity index (χ4v) is 1.62. The third-order valence-electron chi connectivity index (χ3n) is 1.55. The molecule has 1 unspecified atom stereocenters. The Morgan fingerprint density at radius 1 is 1.71 bits per heavy atom. The van der Waals surface area contributed by atoms with Crippen LogP contribution >= 0.6 is 31.9 Å².